The molecule has 2 N–H and O–H groups in total. The second-order valence-corrected chi connectivity index (χ2v) is 7.21. The average Bonchev–Trinajstić information content (AvgIpc) is 3.15. The maximum atomic E-state index is 13.6. The largest absolute Gasteiger partial charge is 0.503 e. The number of aromatic nitrogens is 2. The van der Waals surface area contributed by atoms with E-state index in [9.17, 15) is 19.1 Å². The van der Waals surface area contributed by atoms with Crippen LogP contribution in [0, 0.1) is 5.82 Å². The topological polar surface area (TPSA) is 103 Å². The summed E-state index contributed by atoms with van der Waals surface area (Å²) in [6.45, 7) is 5.04. The molecule has 31 heavy (non-hydrogen) atoms. The number of methoxy groups -OCH3 is 1. The Morgan fingerprint density at radius 3 is 2.65 bits per heavy atom. The highest BCUT2D eigenvalue weighted by Crippen LogP contribution is 2.27. The summed E-state index contributed by atoms with van der Waals surface area (Å²) in [6.07, 6.45) is 2.56. The number of hydrogen-bond donors (Lipinski definition) is 2. The quantitative estimate of drug-likeness (QED) is 0.559. The molecule has 3 rings (SSSR count). The van der Waals surface area contributed by atoms with Crippen molar-refractivity contribution in [1.82, 2.24) is 14.9 Å². The van der Waals surface area contributed by atoms with Gasteiger partial charge in [0.2, 0.25) is 0 Å². The van der Waals surface area contributed by atoms with Gasteiger partial charge in [-0.1, -0.05) is 0 Å². The van der Waals surface area contributed by atoms with Crippen LogP contribution in [0.15, 0.2) is 42.7 Å². The molecule has 8 nitrogen and oxygen atoms in total. The smallest absolute Gasteiger partial charge is 0.328 e. The summed E-state index contributed by atoms with van der Waals surface area (Å²) in [5.41, 5.74) is 0.428. The van der Waals surface area contributed by atoms with E-state index in [1.54, 1.807) is 13.0 Å². The van der Waals surface area contributed by atoms with Gasteiger partial charge >= 0.3 is 5.97 Å². The van der Waals surface area contributed by atoms with Gasteiger partial charge in [-0.05, 0) is 50.4 Å². The third-order valence-corrected chi connectivity index (χ3v) is 5.13. The van der Waals surface area contributed by atoms with E-state index in [1.807, 2.05) is 23.8 Å². The van der Waals surface area contributed by atoms with Crippen LogP contribution in [0.3, 0.4) is 0 Å². The highest BCUT2D eigenvalue weighted by Gasteiger charge is 2.26. The number of pyridine rings is 1. The summed E-state index contributed by atoms with van der Waals surface area (Å²) in [7, 11) is 1.35. The van der Waals surface area contributed by atoms with Gasteiger partial charge in [-0.15, -0.1) is 0 Å². The number of carbonyl (C=O) groups is 2. The first kappa shape index (κ1) is 22.1. The predicted molar refractivity (Wildman–Crippen MR) is 112 cm³/mol. The fourth-order valence-corrected chi connectivity index (χ4v) is 3.18. The Balaban J connectivity index is 1.66. The van der Waals surface area contributed by atoms with E-state index in [0.29, 0.717) is 5.52 Å². The zero-order chi connectivity index (χ0) is 22.7. The van der Waals surface area contributed by atoms with Gasteiger partial charge in [0.25, 0.3) is 5.91 Å². The van der Waals surface area contributed by atoms with Gasteiger partial charge in [0.05, 0.1) is 18.7 Å². The molecule has 0 aliphatic rings. The minimum absolute atomic E-state index is 0.0909. The van der Waals surface area contributed by atoms with Crippen molar-refractivity contribution in [2.24, 2.45) is 0 Å². The lowest BCUT2D eigenvalue weighted by Crippen LogP contribution is -2.41. The molecule has 0 saturated heterocycles. The molecular weight excluding hydrogens is 405 g/mol. The van der Waals surface area contributed by atoms with E-state index in [4.69, 9.17) is 9.47 Å². The number of amides is 1. The molecule has 0 bridgehead atoms. The monoisotopic (exact) mass is 429 g/mol. The maximum Gasteiger partial charge on any atom is 0.328 e. The Labute approximate surface area is 178 Å². The van der Waals surface area contributed by atoms with Crippen LogP contribution in [0.4, 0.5) is 4.39 Å². The minimum Gasteiger partial charge on any atom is -0.503 e. The minimum atomic E-state index is -0.992. The lowest BCUT2D eigenvalue weighted by atomic mass is 10.2. The number of carbonyl (C=O) groups excluding carboxylic acids is 2. The number of aromatic hydroxyl groups is 1. The van der Waals surface area contributed by atoms with Crippen LogP contribution in [0.1, 0.15) is 37.3 Å². The molecule has 9 heteroatoms. The van der Waals surface area contributed by atoms with Crippen LogP contribution in [-0.2, 0) is 9.53 Å². The molecule has 2 heterocycles. The SMILES string of the molecule is COc1ccnc(C(=O)N[C@@H](C)C(=O)OC(C)C(C)n2ccc3ccc(F)cc32)c1O. The van der Waals surface area contributed by atoms with Gasteiger partial charge in [-0.2, -0.15) is 0 Å². The summed E-state index contributed by atoms with van der Waals surface area (Å²) in [6, 6.07) is 6.49. The zero-order valence-corrected chi connectivity index (χ0v) is 17.6. The summed E-state index contributed by atoms with van der Waals surface area (Å²) in [5, 5.41) is 13.4. The van der Waals surface area contributed by atoms with Crippen LogP contribution in [0.2, 0.25) is 0 Å². The molecule has 0 spiro atoms. The zero-order valence-electron chi connectivity index (χ0n) is 17.6. The van der Waals surface area contributed by atoms with Crippen molar-refractivity contribution in [3.05, 3.63) is 54.2 Å². The van der Waals surface area contributed by atoms with Gasteiger partial charge in [-0.25, -0.2) is 14.2 Å². The fourth-order valence-electron chi connectivity index (χ4n) is 3.18. The maximum absolute atomic E-state index is 13.6. The average molecular weight is 429 g/mol. The molecule has 3 aromatic rings. The molecule has 0 fully saturated rings. The van der Waals surface area contributed by atoms with Crippen molar-refractivity contribution in [2.45, 2.75) is 39.0 Å². The molecule has 1 amide bonds. The third kappa shape index (κ3) is 4.60. The van der Waals surface area contributed by atoms with E-state index >= 15 is 0 Å². The second-order valence-electron chi connectivity index (χ2n) is 7.21. The van der Waals surface area contributed by atoms with Crippen molar-refractivity contribution in [3.63, 3.8) is 0 Å². The highest BCUT2D eigenvalue weighted by atomic mass is 19.1. The summed E-state index contributed by atoms with van der Waals surface area (Å²) < 4.78 is 25.9. The summed E-state index contributed by atoms with van der Waals surface area (Å²) >= 11 is 0. The Kier molecular flexibility index (Phi) is 6.43. The van der Waals surface area contributed by atoms with Crippen LogP contribution >= 0.6 is 0 Å². The first-order valence-corrected chi connectivity index (χ1v) is 9.72. The number of esters is 1. The number of halogens is 1. The molecule has 2 aromatic heterocycles. The van der Waals surface area contributed by atoms with E-state index in [-0.39, 0.29) is 23.3 Å². The van der Waals surface area contributed by atoms with Crippen molar-refractivity contribution in [2.75, 3.05) is 7.11 Å². The second kappa shape index (κ2) is 9.03. The normalized spacial score (nSPS) is 14.0. The Bertz CT molecular complexity index is 1110. The lowest BCUT2D eigenvalue weighted by Gasteiger charge is -2.24. The summed E-state index contributed by atoms with van der Waals surface area (Å²) in [4.78, 5) is 28.7. The first-order chi connectivity index (χ1) is 14.7. The first-order valence-electron chi connectivity index (χ1n) is 9.72. The van der Waals surface area contributed by atoms with Crippen LogP contribution < -0.4 is 10.1 Å². The van der Waals surface area contributed by atoms with Gasteiger partial charge in [0, 0.05) is 18.5 Å². The predicted octanol–water partition coefficient (Wildman–Crippen LogP) is 3.20. The van der Waals surface area contributed by atoms with Gasteiger partial charge < -0.3 is 24.5 Å². The van der Waals surface area contributed by atoms with E-state index < -0.39 is 29.8 Å². The van der Waals surface area contributed by atoms with Gasteiger partial charge in [-0.3, -0.25) is 4.79 Å². The van der Waals surface area contributed by atoms with Crippen molar-refractivity contribution in [1.29, 1.82) is 0 Å². The number of fused-ring (bicyclic) bond motifs is 1. The van der Waals surface area contributed by atoms with Crippen molar-refractivity contribution >= 4 is 22.8 Å². The molecule has 0 saturated carbocycles. The van der Waals surface area contributed by atoms with Crippen molar-refractivity contribution in [3.8, 4) is 11.5 Å². The van der Waals surface area contributed by atoms with Crippen molar-refractivity contribution < 1.29 is 28.6 Å². The Morgan fingerprint density at radius 1 is 1.19 bits per heavy atom. The fraction of sp³-hybridized carbons (Fsp3) is 0.318. The van der Waals surface area contributed by atoms with Gasteiger partial charge in [0.1, 0.15) is 18.0 Å². The van der Waals surface area contributed by atoms with Crippen LogP contribution in [0.25, 0.3) is 10.9 Å². The van der Waals surface area contributed by atoms with E-state index in [1.165, 1.54) is 38.4 Å². The van der Waals surface area contributed by atoms with Crippen LogP contribution in [0.5, 0.6) is 11.5 Å². The highest BCUT2D eigenvalue weighted by molar-refractivity contribution is 5.97. The standard InChI is InChI=1S/C22H24FN3O5/c1-12(25-21(28)19-20(27)18(30-4)7-9-24-19)22(29)31-14(3)13(2)26-10-8-15-5-6-16(23)11-17(15)26/h5-14,27H,1-4H3,(H,25,28)/t12-,13?,14?/m0/s1. The number of hydrogen-bond acceptors (Lipinski definition) is 6. The molecule has 2 unspecified atom stereocenters. The molecule has 0 radical (unpaired) electrons. The van der Waals surface area contributed by atoms with E-state index in [2.05, 4.69) is 10.3 Å². The molecule has 3 atom stereocenters. The van der Waals surface area contributed by atoms with Crippen LogP contribution in [-0.4, -0.2) is 45.8 Å². The molecule has 1 aromatic carbocycles. The number of nitrogens with zero attached hydrogens (tertiary/aromatic N) is 2. The third-order valence-electron chi connectivity index (χ3n) is 5.13. The Hall–Kier alpha value is -3.62. The van der Waals surface area contributed by atoms with E-state index in [0.717, 1.165) is 5.39 Å². The van der Waals surface area contributed by atoms with Gasteiger partial charge in [0.15, 0.2) is 17.2 Å². The molecule has 0 aliphatic heterocycles. The number of nitrogens with one attached hydrogen (secondary N) is 1. The number of ether oxygens (including phenoxy) is 2. The lowest BCUT2D eigenvalue weighted by molar-refractivity contribution is -0.151. The summed E-state index contributed by atoms with van der Waals surface area (Å²) in [5.74, 6) is -2.08. The number of benzene rings is 1. The molecular formula is C22H24FN3O5. The molecule has 0 aliphatic carbocycles. The Morgan fingerprint density at radius 2 is 1.94 bits per heavy atom. The molecule has 164 valence electrons. The number of rotatable bonds is 7.